The van der Waals surface area contributed by atoms with Crippen molar-refractivity contribution in [2.75, 3.05) is 0 Å². The van der Waals surface area contributed by atoms with Gasteiger partial charge in [0.15, 0.2) is 0 Å². The van der Waals surface area contributed by atoms with Crippen LogP contribution in [0.2, 0.25) is 0 Å². The molecule has 0 fully saturated rings. The van der Waals surface area contributed by atoms with Gasteiger partial charge in [-0.2, -0.15) is 0 Å². The molecule has 0 radical (unpaired) electrons. The molecule has 1 unspecified atom stereocenters. The van der Waals surface area contributed by atoms with Gasteiger partial charge in [0.25, 0.3) is 0 Å². The van der Waals surface area contributed by atoms with E-state index in [0.29, 0.717) is 5.70 Å². The number of hydrogen-bond acceptors (Lipinski definition) is 2. The highest BCUT2D eigenvalue weighted by molar-refractivity contribution is 6.01. The van der Waals surface area contributed by atoms with Crippen LogP contribution in [0.4, 0.5) is 0 Å². The quantitative estimate of drug-likeness (QED) is 0.605. The highest BCUT2D eigenvalue weighted by Gasteiger charge is 2.22. The second-order valence-electron chi connectivity index (χ2n) is 5.78. The van der Waals surface area contributed by atoms with Crippen molar-refractivity contribution in [2.45, 2.75) is 20.3 Å². The Morgan fingerprint density at radius 3 is 2.12 bits per heavy atom. The van der Waals surface area contributed by atoms with E-state index in [0.717, 1.165) is 23.1 Å². The van der Waals surface area contributed by atoms with E-state index in [1.54, 1.807) is 0 Å². The van der Waals surface area contributed by atoms with Crippen LogP contribution < -0.4 is 5.73 Å². The van der Waals surface area contributed by atoms with Crippen LogP contribution in [0.3, 0.4) is 0 Å². The van der Waals surface area contributed by atoms with Crippen molar-refractivity contribution in [3.63, 3.8) is 0 Å². The molecule has 2 aromatic rings. The molecule has 0 saturated carbocycles. The molecule has 0 saturated heterocycles. The number of aliphatic carboxylic acids is 1. The van der Waals surface area contributed by atoms with Crippen molar-refractivity contribution < 1.29 is 9.90 Å². The van der Waals surface area contributed by atoms with Crippen LogP contribution in [-0.2, 0) is 4.79 Å². The summed E-state index contributed by atoms with van der Waals surface area (Å²) >= 11 is 0. The summed E-state index contributed by atoms with van der Waals surface area (Å²) in [6, 6.07) is 19.0. The Kier molecular flexibility index (Phi) is 5.96. The standard InChI is InChI=1S/C21H23NO2/c1-3-15(2)18(14-16-10-6-4-7-11-16)19(21(23)24)20(22)17-12-8-5-9-13-17/h4-15H,3,22H2,1-2H3,(H,23,24). The molecule has 0 aliphatic heterocycles. The lowest BCUT2D eigenvalue weighted by molar-refractivity contribution is -0.132. The monoisotopic (exact) mass is 321 g/mol. The first kappa shape index (κ1) is 17.5. The minimum Gasteiger partial charge on any atom is -0.478 e. The topological polar surface area (TPSA) is 63.3 Å². The van der Waals surface area contributed by atoms with Gasteiger partial charge in [-0.15, -0.1) is 0 Å². The molecule has 124 valence electrons. The normalized spacial score (nSPS) is 14.0. The molecule has 0 heterocycles. The summed E-state index contributed by atoms with van der Waals surface area (Å²) in [7, 11) is 0. The molecule has 0 bridgehead atoms. The lowest BCUT2D eigenvalue weighted by Gasteiger charge is -2.18. The van der Waals surface area contributed by atoms with Gasteiger partial charge in [0, 0.05) is 0 Å². The summed E-state index contributed by atoms with van der Waals surface area (Å²) in [4.78, 5) is 12.0. The van der Waals surface area contributed by atoms with E-state index in [4.69, 9.17) is 5.73 Å². The molecular formula is C21H23NO2. The molecule has 2 aromatic carbocycles. The number of rotatable bonds is 6. The highest BCUT2D eigenvalue weighted by atomic mass is 16.4. The second kappa shape index (κ2) is 8.16. The average molecular weight is 321 g/mol. The van der Waals surface area contributed by atoms with Crippen LogP contribution in [-0.4, -0.2) is 11.1 Å². The van der Waals surface area contributed by atoms with E-state index in [1.807, 2.05) is 80.6 Å². The molecule has 3 N–H and O–H groups in total. The Morgan fingerprint density at radius 2 is 1.62 bits per heavy atom. The van der Waals surface area contributed by atoms with Crippen molar-refractivity contribution >= 4 is 17.7 Å². The molecule has 0 aromatic heterocycles. The zero-order valence-electron chi connectivity index (χ0n) is 14.1. The van der Waals surface area contributed by atoms with Gasteiger partial charge in [0.2, 0.25) is 0 Å². The lowest BCUT2D eigenvalue weighted by Crippen LogP contribution is -2.15. The summed E-state index contributed by atoms with van der Waals surface area (Å²) in [5.41, 5.74) is 9.15. The maximum atomic E-state index is 12.0. The zero-order valence-corrected chi connectivity index (χ0v) is 14.1. The summed E-state index contributed by atoms with van der Waals surface area (Å²) < 4.78 is 0. The maximum absolute atomic E-state index is 12.0. The predicted octanol–water partition coefficient (Wildman–Crippen LogP) is 4.57. The smallest absolute Gasteiger partial charge is 0.338 e. The highest BCUT2D eigenvalue weighted by Crippen LogP contribution is 2.29. The van der Waals surface area contributed by atoms with Crippen LogP contribution in [0.1, 0.15) is 31.4 Å². The van der Waals surface area contributed by atoms with Gasteiger partial charge in [-0.05, 0) is 29.0 Å². The second-order valence-corrected chi connectivity index (χ2v) is 5.78. The van der Waals surface area contributed by atoms with Gasteiger partial charge in [0.05, 0.1) is 11.3 Å². The van der Waals surface area contributed by atoms with Crippen LogP contribution in [0, 0.1) is 5.92 Å². The first-order chi connectivity index (χ1) is 11.5. The molecule has 0 aliphatic rings. The van der Waals surface area contributed by atoms with Crippen LogP contribution in [0.5, 0.6) is 0 Å². The molecule has 3 nitrogen and oxygen atoms in total. The van der Waals surface area contributed by atoms with Gasteiger partial charge >= 0.3 is 5.97 Å². The van der Waals surface area contributed by atoms with E-state index in [9.17, 15) is 9.90 Å². The molecule has 1 atom stereocenters. The molecule has 0 amide bonds. The van der Waals surface area contributed by atoms with E-state index >= 15 is 0 Å². The van der Waals surface area contributed by atoms with E-state index in [1.165, 1.54) is 0 Å². The van der Waals surface area contributed by atoms with Crippen molar-refractivity contribution in [1.29, 1.82) is 0 Å². The number of carboxylic acids is 1. The number of nitrogens with two attached hydrogens (primary N) is 1. The number of benzene rings is 2. The van der Waals surface area contributed by atoms with Gasteiger partial charge in [-0.25, -0.2) is 4.79 Å². The third-order valence-electron chi connectivity index (χ3n) is 4.12. The first-order valence-electron chi connectivity index (χ1n) is 8.10. The molecule has 2 rings (SSSR count). The molecule has 0 spiro atoms. The maximum Gasteiger partial charge on any atom is 0.338 e. The van der Waals surface area contributed by atoms with Gasteiger partial charge in [-0.1, -0.05) is 80.6 Å². The summed E-state index contributed by atoms with van der Waals surface area (Å²) in [6.45, 7) is 4.07. The Morgan fingerprint density at radius 1 is 1.08 bits per heavy atom. The fourth-order valence-corrected chi connectivity index (χ4v) is 2.57. The van der Waals surface area contributed by atoms with Crippen molar-refractivity contribution in [3.8, 4) is 0 Å². The summed E-state index contributed by atoms with van der Waals surface area (Å²) in [5, 5.41) is 9.82. The van der Waals surface area contributed by atoms with Crippen molar-refractivity contribution in [3.05, 3.63) is 82.9 Å². The molecule has 0 aliphatic carbocycles. The van der Waals surface area contributed by atoms with E-state index in [2.05, 4.69) is 0 Å². The number of carboxylic acid groups (broad SMARTS) is 1. The van der Waals surface area contributed by atoms with Gasteiger partial charge in [-0.3, -0.25) is 0 Å². The summed E-state index contributed by atoms with van der Waals surface area (Å²) in [5.74, 6) is -0.919. The van der Waals surface area contributed by atoms with Gasteiger partial charge in [0.1, 0.15) is 0 Å². The average Bonchev–Trinajstić information content (AvgIpc) is 2.61. The Labute approximate surface area is 143 Å². The zero-order chi connectivity index (χ0) is 17.5. The fraction of sp³-hybridized carbons (Fsp3) is 0.190. The third kappa shape index (κ3) is 4.13. The lowest BCUT2D eigenvalue weighted by atomic mass is 9.87. The minimum absolute atomic E-state index is 0.0820. The number of hydrogen-bond donors (Lipinski definition) is 2. The Bertz CT molecular complexity index is 746. The van der Waals surface area contributed by atoms with Crippen molar-refractivity contribution in [1.82, 2.24) is 0 Å². The number of carbonyl (C=O) groups is 1. The predicted molar refractivity (Wildman–Crippen MR) is 99.1 cm³/mol. The Hall–Kier alpha value is -2.81. The largest absolute Gasteiger partial charge is 0.478 e. The molecule has 24 heavy (non-hydrogen) atoms. The third-order valence-corrected chi connectivity index (χ3v) is 4.12. The SMILES string of the molecule is CCC(C)C(=Cc1ccccc1)C(C(=O)O)=C(N)c1ccccc1. The van der Waals surface area contributed by atoms with Crippen molar-refractivity contribution in [2.24, 2.45) is 11.7 Å². The van der Waals surface area contributed by atoms with Gasteiger partial charge < -0.3 is 10.8 Å². The molecular weight excluding hydrogens is 298 g/mol. The van der Waals surface area contributed by atoms with E-state index < -0.39 is 5.97 Å². The minimum atomic E-state index is -1.00. The van der Waals surface area contributed by atoms with Crippen LogP contribution in [0.25, 0.3) is 11.8 Å². The van der Waals surface area contributed by atoms with E-state index in [-0.39, 0.29) is 11.5 Å². The molecule has 3 heteroatoms. The first-order valence-corrected chi connectivity index (χ1v) is 8.10. The Balaban J connectivity index is 2.64. The summed E-state index contributed by atoms with van der Waals surface area (Å²) in [6.07, 6.45) is 2.75. The van der Waals surface area contributed by atoms with Crippen LogP contribution in [0.15, 0.2) is 71.8 Å². The fourth-order valence-electron chi connectivity index (χ4n) is 2.57. The van der Waals surface area contributed by atoms with Crippen LogP contribution >= 0.6 is 0 Å².